The van der Waals surface area contributed by atoms with Gasteiger partial charge in [-0.15, -0.1) is 6.58 Å². The molecule has 0 heterocycles. The fourth-order valence-electron chi connectivity index (χ4n) is 1.31. The van der Waals surface area contributed by atoms with Gasteiger partial charge in [-0.05, 0) is 18.6 Å². The molecule has 0 saturated carbocycles. The monoisotopic (exact) mass is 191 g/mol. The first-order valence-corrected chi connectivity index (χ1v) is 4.27. The van der Waals surface area contributed by atoms with Crippen molar-refractivity contribution in [2.75, 3.05) is 0 Å². The summed E-state index contributed by atoms with van der Waals surface area (Å²) in [5.41, 5.74) is 7.37. The third-order valence-electron chi connectivity index (χ3n) is 2.05. The molecule has 3 nitrogen and oxygen atoms in total. The minimum Gasteiger partial charge on any atom is -0.507 e. The molecule has 0 aliphatic heterocycles. The molecule has 0 bridgehead atoms. The van der Waals surface area contributed by atoms with E-state index in [1.165, 1.54) is 6.08 Å². The van der Waals surface area contributed by atoms with Crippen LogP contribution in [0.1, 0.15) is 27.5 Å². The van der Waals surface area contributed by atoms with Crippen molar-refractivity contribution >= 4 is 6.29 Å². The summed E-state index contributed by atoms with van der Waals surface area (Å²) in [6.07, 6.45) is 2.13. The van der Waals surface area contributed by atoms with E-state index in [0.29, 0.717) is 11.8 Å². The van der Waals surface area contributed by atoms with Gasteiger partial charge in [-0.25, -0.2) is 0 Å². The zero-order chi connectivity index (χ0) is 10.7. The summed E-state index contributed by atoms with van der Waals surface area (Å²) in [4.78, 5) is 10.6. The number of carbonyl (C=O) groups is 1. The second-order valence-corrected chi connectivity index (χ2v) is 3.17. The number of nitrogens with two attached hydrogens (primary N) is 1. The molecule has 1 rings (SSSR count). The van der Waals surface area contributed by atoms with Gasteiger partial charge in [-0.1, -0.05) is 12.1 Å². The lowest BCUT2D eigenvalue weighted by molar-refractivity contribution is 0.112. The summed E-state index contributed by atoms with van der Waals surface area (Å²) in [7, 11) is 0. The SMILES string of the molecule is C=C[C@@H](N)c1cc(C)cc(C=O)c1O. The van der Waals surface area contributed by atoms with Gasteiger partial charge in [-0.2, -0.15) is 0 Å². The van der Waals surface area contributed by atoms with Crippen molar-refractivity contribution in [2.45, 2.75) is 13.0 Å². The Kier molecular flexibility index (Phi) is 3.04. The van der Waals surface area contributed by atoms with Crippen LogP contribution in [0.25, 0.3) is 0 Å². The molecular weight excluding hydrogens is 178 g/mol. The smallest absolute Gasteiger partial charge is 0.153 e. The molecule has 0 aliphatic rings. The molecule has 0 aliphatic carbocycles. The molecular formula is C11H13NO2. The zero-order valence-electron chi connectivity index (χ0n) is 8.03. The van der Waals surface area contributed by atoms with Crippen LogP contribution in [0.5, 0.6) is 5.75 Å². The van der Waals surface area contributed by atoms with Crippen LogP contribution in [0.4, 0.5) is 0 Å². The van der Waals surface area contributed by atoms with Crippen molar-refractivity contribution in [2.24, 2.45) is 5.73 Å². The Morgan fingerprint density at radius 3 is 2.71 bits per heavy atom. The van der Waals surface area contributed by atoms with E-state index in [9.17, 15) is 9.90 Å². The van der Waals surface area contributed by atoms with Crippen LogP contribution in [-0.2, 0) is 0 Å². The topological polar surface area (TPSA) is 63.3 Å². The zero-order valence-corrected chi connectivity index (χ0v) is 8.03. The fourth-order valence-corrected chi connectivity index (χ4v) is 1.31. The number of aryl methyl sites for hydroxylation is 1. The molecule has 0 fully saturated rings. The van der Waals surface area contributed by atoms with E-state index < -0.39 is 6.04 Å². The Bertz CT molecular complexity index is 372. The highest BCUT2D eigenvalue weighted by Crippen LogP contribution is 2.27. The van der Waals surface area contributed by atoms with E-state index >= 15 is 0 Å². The number of phenols is 1. The minimum absolute atomic E-state index is 0.0574. The van der Waals surface area contributed by atoms with Crippen molar-refractivity contribution in [1.29, 1.82) is 0 Å². The predicted molar refractivity (Wildman–Crippen MR) is 55.4 cm³/mol. The summed E-state index contributed by atoms with van der Waals surface area (Å²) < 4.78 is 0. The van der Waals surface area contributed by atoms with Crippen molar-refractivity contribution in [3.8, 4) is 5.75 Å². The number of benzene rings is 1. The highest BCUT2D eigenvalue weighted by molar-refractivity contribution is 5.80. The minimum atomic E-state index is -0.450. The van der Waals surface area contributed by atoms with Crippen LogP contribution in [0, 0.1) is 6.92 Å². The van der Waals surface area contributed by atoms with Gasteiger partial charge in [0.1, 0.15) is 5.75 Å². The van der Waals surface area contributed by atoms with Crippen LogP contribution in [0.2, 0.25) is 0 Å². The van der Waals surface area contributed by atoms with Gasteiger partial charge >= 0.3 is 0 Å². The van der Waals surface area contributed by atoms with E-state index in [2.05, 4.69) is 6.58 Å². The van der Waals surface area contributed by atoms with Crippen molar-refractivity contribution in [1.82, 2.24) is 0 Å². The highest BCUT2D eigenvalue weighted by atomic mass is 16.3. The average molecular weight is 191 g/mol. The second kappa shape index (κ2) is 4.07. The first-order valence-electron chi connectivity index (χ1n) is 4.27. The maximum atomic E-state index is 10.6. The molecule has 1 atom stereocenters. The van der Waals surface area contributed by atoms with Gasteiger partial charge in [-0.3, -0.25) is 4.79 Å². The van der Waals surface area contributed by atoms with Gasteiger partial charge in [0.05, 0.1) is 11.6 Å². The maximum absolute atomic E-state index is 10.6. The highest BCUT2D eigenvalue weighted by Gasteiger charge is 2.11. The Balaban J connectivity index is 3.35. The first-order chi connectivity index (χ1) is 6.60. The van der Waals surface area contributed by atoms with Gasteiger partial charge in [0.15, 0.2) is 6.29 Å². The lowest BCUT2D eigenvalue weighted by Crippen LogP contribution is -2.08. The van der Waals surface area contributed by atoms with Gasteiger partial charge in [0, 0.05) is 5.56 Å². The number of carbonyl (C=O) groups excluding carboxylic acids is 1. The summed E-state index contributed by atoms with van der Waals surface area (Å²) in [6.45, 7) is 5.38. The number of hydrogen-bond donors (Lipinski definition) is 2. The van der Waals surface area contributed by atoms with Crippen LogP contribution in [0.3, 0.4) is 0 Å². The average Bonchev–Trinajstić information content (AvgIpc) is 2.19. The third-order valence-corrected chi connectivity index (χ3v) is 2.05. The standard InChI is InChI=1S/C11H13NO2/c1-3-10(12)9-5-7(2)4-8(6-13)11(9)14/h3-6,10,14H,1,12H2,2H3/t10-/m1/s1. The molecule has 14 heavy (non-hydrogen) atoms. The Labute approximate surface area is 82.9 Å². The van der Waals surface area contributed by atoms with E-state index in [1.54, 1.807) is 12.1 Å². The van der Waals surface area contributed by atoms with Crippen molar-refractivity contribution < 1.29 is 9.90 Å². The summed E-state index contributed by atoms with van der Waals surface area (Å²) in [5.74, 6) is -0.0574. The first kappa shape index (κ1) is 10.5. The summed E-state index contributed by atoms with van der Waals surface area (Å²) >= 11 is 0. The lowest BCUT2D eigenvalue weighted by atomic mass is 10.00. The molecule has 0 spiro atoms. The van der Waals surface area contributed by atoms with E-state index in [-0.39, 0.29) is 11.3 Å². The summed E-state index contributed by atoms with van der Waals surface area (Å²) in [5, 5.41) is 9.66. The Morgan fingerprint density at radius 1 is 1.57 bits per heavy atom. The van der Waals surface area contributed by atoms with Crippen LogP contribution < -0.4 is 5.73 Å². The number of aromatic hydroxyl groups is 1. The van der Waals surface area contributed by atoms with E-state index in [0.717, 1.165) is 5.56 Å². The fraction of sp³-hybridized carbons (Fsp3) is 0.182. The molecule has 74 valence electrons. The second-order valence-electron chi connectivity index (χ2n) is 3.17. The molecule has 0 amide bonds. The van der Waals surface area contributed by atoms with Crippen LogP contribution in [0.15, 0.2) is 24.8 Å². The molecule has 0 unspecified atom stereocenters. The van der Waals surface area contributed by atoms with Crippen molar-refractivity contribution in [3.05, 3.63) is 41.5 Å². The molecule has 3 N–H and O–H groups in total. The molecule has 0 radical (unpaired) electrons. The van der Waals surface area contributed by atoms with Gasteiger partial charge in [0.25, 0.3) is 0 Å². The quantitative estimate of drug-likeness (QED) is 0.564. The van der Waals surface area contributed by atoms with E-state index in [1.807, 2.05) is 6.92 Å². The number of hydrogen-bond acceptors (Lipinski definition) is 3. The van der Waals surface area contributed by atoms with Crippen molar-refractivity contribution in [3.63, 3.8) is 0 Å². The molecule has 3 heteroatoms. The Hall–Kier alpha value is -1.61. The maximum Gasteiger partial charge on any atom is 0.153 e. The largest absolute Gasteiger partial charge is 0.507 e. The number of rotatable bonds is 3. The molecule has 0 aromatic heterocycles. The lowest BCUT2D eigenvalue weighted by Gasteiger charge is -2.11. The van der Waals surface area contributed by atoms with Gasteiger partial charge < -0.3 is 10.8 Å². The molecule has 1 aromatic rings. The normalized spacial score (nSPS) is 12.1. The molecule has 1 aromatic carbocycles. The third kappa shape index (κ3) is 1.83. The predicted octanol–water partition coefficient (Wildman–Crippen LogP) is 1.70. The molecule has 0 saturated heterocycles. The van der Waals surface area contributed by atoms with Gasteiger partial charge in [0.2, 0.25) is 0 Å². The number of aldehydes is 1. The Morgan fingerprint density at radius 2 is 2.21 bits per heavy atom. The van der Waals surface area contributed by atoms with Crippen LogP contribution >= 0.6 is 0 Å². The summed E-state index contributed by atoms with van der Waals surface area (Å²) in [6, 6.07) is 2.91. The van der Waals surface area contributed by atoms with Crippen LogP contribution in [-0.4, -0.2) is 11.4 Å². The number of phenolic OH excluding ortho intramolecular Hbond substituents is 1. The van der Waals surface area contributed by atoms with E-state index in [4.69, 9.17) is 5.73 Å².